The van der Waals surface area contributed by atoms with Gasteiger partial charge in [-0.3, -0.25) is 0 Å². The maximum Gasteiger partial charge on any atom is 0.104 e. The Bertz CT molecular complexity index is 276. The van der Waals surface area contributed by atoms with Crippen LogP contribution in [0.4, 0.5) is 0 Å². The molecule has 2 N–H and O–H groups in total. The highest BCUT2D eigenvalue weighted by atomic mass is 35.5. The van der Waals surface area contributed by atoms with Crippen LogP contribution in [0.5, 0.6) is 0 Å². The van der Waals surface area contributed by atoms with E-state index in [9.17, 15) is 5.11 Å². The quantitative estimate of drug-likeness (QED) is 0.778. The highest BCUT2D eigenvalue weighted by molar-refractivity contribution is 6.33. The van der Waals surface area contributed by atoms with E-state index in [0.717, 1.165) is 0 Å². The van der Waals surface area contributed by atoms with Crippen LogP contribution >= 0.6 is 23.2 Å². The highest BCUT2D eigenvalue weighted by Gasteiger charge is 2.10. The van der Waals surface area contributed by atoms with Gasteiger partial charge in [0.1, 0.15) is 6.10 Å². The molecule has 0 aliphatic heterocycles. The summed E-state index contributed by atoms with van der Waals surface area (Å²) in [6.07, 6.45) is -0.962. The van der Waals surface area contributed by atoms with E-state index in [1.807, 2.05) is 0 Å². The summed E-state index contributed by atoms with van der Waals surface area (Å²) >= 11 is 11.4. The van der Waals surface area contributed by atoms with Gasteiger partial charge in [0.2, 0.25) is 0 Å². The Morgan fingerprint density at radius 2 is 2.00 bits per heavy atom. The fourth-order valence-electron chi connectivity index (χ4n) is 0.868. The molecule has 0 aliphatic rings. The Morgan fingerprint density at radius 3 is 2.58 bits per heavy atom. The van der Waals surface area contributed by atoms with Crippen LogP contribution in [0, 0.1) is 0 Å². The fraction of sp³-hybridized carbons (Fsp3) is 0.250. The molecule has 0 aliphatic carbocycles. The van der Waals surface area contributed by atoms with Crippen molar-refractivity contribution in [2.45, 2.75) is 6.10 Å². The molecule has 1 aromatic rings. The topological polar surface area (TPSA) is 40.5 Å². The predicted molar refractivity (Wildman–Crippen MR) is 48.5 cm³/mol. The van der Waals surface area contributed by atoms with Crippen LogP contribution in [0.25, 0.3) is 0 Å². The second-order valence-corrected chi connectivity index (χ2v) is 3.21. The molecule has 4 heteroatoms. The van der Waals surface area contributed by atoms with E-state index < -0.39 is 6.10 Å². The number of hydrogen-bond donors (Lipinski definition) is 2. The van der Waals surface area contributed by atoms with Crippen LogP contribution < -0.4 is 0 Å². The minimum atomic E-state index is -0.962. The zero-order valence-electron chi connectivity index (χ0n) is 6.17. The third-order valence-electron chi connectivity index (χ3n) is 1.49. The first-order valence-electron chi connectivity index (χ1n) is 3.39. The summed E-state index contributed by atoms with van der Waals surface area (Å²) in [5, 5.41) is 18.8. The van der Waals surface area contributed by atoms with E-state index >= 15 is 0 Å². The van der Waals surface area contributed by atoms with Crippen molar-refractivity contribution in [2.75, 3.05) is 6.61 Å². The van der Waals surface area contributed by atoms with Crippen molar-refractivity contribution in [3.63, 3.8) is 0 Å². The van der Waals surface area contributed by atoms with Crippen molar-refractivity contribution in [3.8, 4) is 0 Å². The molecule has 0 bridgehead atoms. The van der Waals surface area contributed by atoms with E-state index in [1.54, 1.807) is 12.1 Å². The van der Waals surface area contributed by atoms with Crippen LogP contribution in [0.2, 0.25) is 10.0 Å². The van der Waals surface area contributed by atoms with Crippen LogP contribution in [-0.2, 0) is 0 Å². The minimum Gasteiger partial charge on any atom is -0.393 e. The van der Waals surface area contributed by atoms with Crippen molar-refractivity contribution < 1.29 is 10.2 Å². The number of benzene rings is 1. The summed E-state index contributed by atoms with van der Waals surface area (Å²) in [6, 6.07) is 4.74. The molecule has 0 radical (unpaired) electrons. The smallest absolute Gasteiger partial charge is 0.104 e. The number of aliphatic hydroxyl groups is 2. The molecule has 0 saturated carbocycles. The summed E-state index contributed by atoms with van der Waals surface area (Å²) in [5.74, 6) is 0. The molecular weight excluding hydrogens is 199 g/mol. The standard InChI is InChI=1S/C8H8Cl2O2/c9-5-1-2-7(10)6(3-5)8(12)4-11/h1-3,8,11-12H,4H2. The molecule has 12 heavy (non-hydrogen) atoms. The van der Waals surface area contributed by atoms with Gasteiger partial charge in [-0.05, 0) is 18.2 Å². The summed E-state index contributed by atoms with van der Waals surface area (Å²) in [4.78, 5) is 0. The van der Waals surface area contributed by atoms with Crippen LogP contribution in [0.15, 0.2) is 18.2 Å². The number of halogens is 2. The average Bonchev–Trinajstić information content (AvgIpc) is 2.08. The van der Waals surface area contributed by atoms with Gasteiger partial charge in [0.25, 0.3) is 0 Å². The van der Waals surface area contributed by atoms with Gasteiger partial charge in [0.05, 0.1) is 6.61 Å². The summed E-state index contributed by atoms with van der Waals surface area (Å²) in [6.45, 7) is -0.361. The first-order valence-corrected chi connectivity index (χ1v) is 4.14. The maximum absolute atomic E-state index is 9.24. The normalized spacial score (nSPS) is 13.0. The lowest BCUT2D eigenvalue weighted by Gasteiger charge is -2.09. The van der Waals surface area contributed by atoms with Crippen LogP contribution in [-0.4, -0.2) is 16.8 Å². The zero-order chi connectivity index (χ0) is 9.14. The first-order chi connectivity index (χ1) is 5.65. The molecule has 0 aromatic heterocycles. The van der Waals surface area contributed by atoms with Crippen molar-refractivity contribution >= 4 is 23.2 Å². The Balaban J connectivity index is 3.04. The SMILES string of the molecule is OCC(O)c1cc(Cl)ccc1Cl. The third kappa shape index (κ3) is 2.11. The molecule has 1 rings (SSSR count). The Labute approximate surface area is 80.4 Å². The fourth-order valence-corrected chi connectivity index (χ4v) is 1.29. The van der Waals surface area contributed by atoms with Crippen molar-refractivity contribution in [1.82, 2.24) is 0 Å². The molecule has 0 spiro atoms. The molecule has 0 saturated heterocycles. The van der Waals surface area contributed by atoms with Gasteiger partial charge >= 0.3 is 0 Å². The highest BCUT2D eigenvalue weighted by Crippen LogP contribution is 2.25. The summed E-state index contributed by atoms with van der Waals surface area (Å²) in [7, 11) is 0. The van der Waals surface area contributed by atoms with Gasteiger partial charge in [-0.15, -0.1) is 0 Å². The molecule has 1 atom stereocenters. The second-order valence-electron chi connectivity index (χ2n) is 2.36. The Kier molecular flexibility index (Phi) is 3.35. The monoisotopic (exact) mass is 206 g/mol. The lowest BCUT2D eigenvalue weighted by molar-refractivity contribution is 0.0957. The molecule has 1 unspecified atom stereocenters. The van der Waals surface area contributed by atoms with E-state index in [2.05, 4.69) is 0 Å². The van der Waals surface area contributed by atoms with Gasteiger partial charge in [0, 0.05) is 15.6 Å². The zero-order valence-corrected chi connectivity index (χ0v) is 7.68. The van der Waals surface area contributed by atoms with Gasteiger partial charge in [-0.1, -0.05) is 23.2 Å². The lowest BCUT2D eigenvalue weighted by atomic mass is 10.1. The maximum atomic E-state index is 9.24. The third-order valence-corrected chi connectivity index (χ3v) is 2.07. The van der Waals surface area contributed by atoms with E-state index in [-0.39, 0.29) is 6.61 Å². The molecule has 0 fully saturated rings. The Morgan fingerprint density at radius 1 is 1.33 bits per heavy atom. The molecule has 0 heterocycles. The van der Waals surface area contributed by atoms with Crippen LogP contribution in [0.3, 0.4) is 0 Å². The van der Waals surface area contributed by atoms with Gasteiger partial charge in [-0.25, -0.2) is 0 Å². The minimum absolute atomic E-state index is 0.361. The number of rotatable bonds is 2. The van der Waals surface area contributed by atoms with Crippen molar-refractivity contribution in [2.24, 2.45) is 0 Å². The second kappa shape index (κ2) is 4.10. The Hall–Kier alpha value is -0.280. The van der Waals surface area contributed by atoms with Gasteiger partial charge < -0.3 is 10.2 Å². The van der Waals surface area contributed by atoms with E-state index in [1.165, 1.54) is 6.07 Å². The molecule has 1 aromatic carbocycles. The molecule has 66 valence electrons. The first kappa shape index (κ1) is 9.81. The lowest BCUT2D eigenvalue weighted by Crippen LogP contribution is -2.02. The van der Waals surface area contributed by atoms with E-state index in [0.29, 0.717) is 15.6 Å². The predicted octanol–water partition coefficient (Wildman–Crippen LogP) is 2.02. The molecule has 0 amide bonds. The van der Waals surface area contributed by atoms with E-state index in [4.69, 9.17) is 28.3 Å². The van der Waals surface area contributed by atoms with Crippen molar-refractivity contribution in [1.29, 1.82) is 0 Å². The van der Waals surface area contributed by atoms with Gasteiger partial charge in [0.15, 0.2) is 0 Å². The number of hydrogen-bond acceptors (Lipinski definition) is 2. The number of aliphatic hydroxyl groups excluding tert-OH is 2. The van der Waals surface area contributed by atoms with Gasteiger partial charge in [-0.2, -0.15) is 0 Å². The molecular formula is C8H8Cl2O2. The molecule has 2 nitrogen and oxygen atoms in total. The van der Waals surface area contributed by atoms with Crippen LogP contribution in [0.1, 0.15) is 11.7 Å². The largest absolute Gasteiger partial charge is 0.393 e. The summed E-state index contributed by atoms with van der Waals surface area (Å²) < 4.78 is 0. The average molecular weight is 207 g/mol. The van der Waals surface area contributed by atoms with Crippen molar-refractivity contribution in [3.05, 3.63) is 33.8 Å². The summed E-state index contributed by atoms with van der Waals surface area (Å²) in [5.41, 5.74) is 0.451.